The SMILES string of the molecule is CCCCCC/C=C\C=C/CCCCCCCC(=O)OC[C@H](COP(=O)(O)OC[C@@H](O)COP(=O)(O)OC[C@@H](COC(=O)CCCCCCCCCCCC)OC(=O)CCCCCCCCCCCCC(C)C)OC(=O)CCCCCCCCCCCCCCCCC(C)C. The van der Waals surface area contributed by atoms with Gasteiger partial charge < -0.3 is 33.8 Å². The van der Waals surface area contributed by atoms with E-state index in [1.54, 1.807) is 0 Å². The molecule has 0 aliphatic carbocycles. The van der Waals surface area contributed by atoms with E-state index in [-0.39, 0.29) is 25.7 Å². The number of unbranched alkanes of at least 4 members (excludes halogenated alkanes) is 40. The zero-order valence-corrected chi connectivity index (χ0v) is 63.2. The zero-order chi connectivity index (χ0) is 70.0. The molecule has 0 saturated carbocycles. The summed E-state index contributed by atoms with van der Waals surface area (Å²) in [5.41, 5.74) is 0. The molecule has 5 atom stereocenters. The number of hydrogen-bond acceptors (Lipinski definition) is 15. The van der Waals surface area contributed by atoms with Gasteiger partial charge in [-0.2, -0.15) is 0 Å². The summed E-state index contributed by atoms with van der Waals surface area (Å²) in [5.74, 6) is -0.602. The van der Waals surface area contributed by atoms with Crippen LogP contribution >= 0.6 is 15.6 Å². The minimum Gasteiger partial charge on any atom is -0.462 e. The highest BCUT2D eigenvalue weighted by Crippen LogP contribution is 2.45. The monoisotopic (exact) mass is 1390 g/mol. The van der Waals surface area contributed by atoms with E-state index in [4.69, 9.17) is 37.0 Å². The fourth-order valence-corrected chi connectivity index (χ4v) is 12.7. The minimum absolute atomic E-state index is 0.101. The Balaban J connectivity index is 5.28. The Kier molecular flexibility index (Phi) is 65.6. The van der Waals surface area contributed by atoms with Crippen LogP contribution in [0, 0.1) is 11.8 Å². The number of esters is 4. The van der Waals surface area contributed by atoms with Crippen molar-refractivity contribution in [1.82, 2.24) is 0 Å². The molecule has 19 heteroatoms. The zero-order valence-electron chi connectivity index (χ0n) is 61.5. The Labute approximate surface area is 580 Å². The van der Waals surface area contributed by atoms with Crippen LogP contribution in [-0.2, 0) is 65.4 Å². The van der Waals surface area contributed by atoms with Gasteiger partial charge in [0, 0.05) is 25.7 Å². The molecule has 0 rings (SSSR count). The Morgan fingerprint density at radius 2 is 0.568 bits per heavy atom. The van der Waals surface area contributed by atoms with E-state index >= 15 is 0 Å². The number of ether oxygens (including phenoxy) is 4. The third-order valence-corrected chi connectivity index (χ3v) is 19.0. The molecule has 0 spiro atoms. The molecule has 0 radical (unpaired) electrons. The van der Waals surface area contributed by atoms with Gasteiger partial charge >= 0.3 is 39.5 Å². The van der Waals surface area contributed by atoms with Gasteiger partial charge in [0.25, 0.3) is 0 Å². The number of aliphatic hydroxyl groups excluding tert-OH is 1. The van der Waals surface area contributed by atoms with E-state index in [1.165, 1.54) is 167 Å². The predicted molar refractivity (Wildman–Crippen MR) is 386 cm³/mol. The molecule has 0 amide bonds. The Bertz CT molecular complexity index is 1930. The lowest BCUT2D eigenvalue weighted by atomic mass is 10.0. The molecule has 95 heavy (non-hydrogen) atoms. The number of hydrogen-bond donors (Lipinski definition) is 3. The smallest absolute Gasteiger partial charge is 0.462 e. The lowest BCUT2D eigenvalue weighted by molar-refractivity contribution is -0.161. The first-order valence-corrected chi connectivity index (χ1v) is 41.8. The van der Waals surface area contributed by atoms with Crippen molar-refractivity contribution in [2.24, 2.45) is 11.8 Å². The topological polar surface area (TPSA) is 237 Å². The molecular weight excluding hydrogens is 1250 g/mol. The van der Waals surface area contributed by atoms with Crippen molar-refractivity contribution in [2.75, 3.05) is 39.6 Å². The summed E-state index contributed by atoms with van der Waals surface area (Å²) in [6.45, 7) is 9.53. The van der Waals surface area contributed by atoms with Crippen LogP contribution in [0.1, 0.15) is 369 Å². The van der Waals surface area contributed by atoms with Crippen LogP contribution in [0.5, 0.6) is 0 Å². The molecule has 0 aromatic heterocycles. The van der Waals surface area contributed by atoms with Crippen LogP contribution in [0.15, 0.2) is 24.3 Å². The van der Waals surface area contributed by atoms with E-state index in [2.05, 4.69) is 65.8 Å². The van der Waals surface area contributed by atoms with Crippen molar-refractivity contribution >= 4 is 39.5 Å². The van der Waals surface area contributed by atoms with E-state index in [0.717, 1.165) is 121 Å². The lowest BCUT2D eigenvalue weighted by Crippen LogP contribution is -2.30. The highest BCUT2D eigenvalue weighted by atomic mass is 31.2. The second-order valence-corrected chi connectivity index (χ2v) is 30.6. The van der Waals surface area contributed by atoms with Gasteiger partial charge in [-0.3, -0.25) is 37.3 Å². The fourth-order valence-electron chi connectivity index (χ4n) is 11.1. The van der Waals surface area contributed by atoms with Gasteiger partial charge in [-0.05, 0) is 63.2 Å². The second kappa shape index (κ2) is 67.4. The third-order valence-electron chi connectivity index (χ3n) is 17.1. The highest BCUT2D eigenvalue weighted by Gasteiger charge is 2.30. The van der Waals surface area contributed by atoms with Crippen LogP contribution in [0.2, 0.25) is 0 Å². The maximum atomic E-state index is 13.1. The van der Waals surface area contributed by atoms with Crippen molar-refractivity contribution in [3.8, 4) is 0 Å². The average Bonchev–Trinajstić information content (AvgIpc) is 2.00. The lowest BCUT2D eigenvalue weighted by Gasteiger charge is -2.21. The molecule has 0 heterocycles. The number of aliphatic hydroxyl groups is 1. The minimum atomic E-state index is -4.96. The number of carbonyl (C=O) groups is 4. The number of allylic oxidation sites excluding steroid dienone is 4. The first kappa shape index (κ1) is 92.5. The molecule has 0 aliphatic rings. The van der Waals surface area contributed by atoms with Crippen LogP contribution in [0.25, 0.3) is 0 Å². The van der Waals surface area contributed by atoms with Gasteiger partial charge in [-0.1, -0.05) is 316 Å². The van der Waals surface area contributed by atoms with E-state index in [9.17, 15) is 43.2 Å². The van der Waals surface area contributed by atoms with Gasteiger partial charge in [0.15, 0.2) is 12.2 Å². The number of carbonyl (C=O) groups excluding carboxylic acids is 4. The summed E-state index contributed by atoms with van der Waals surface area (Å²) < 4.78 is 68.5. The molecule has 3 N–H and O–H groups in total. The summed E-state index contributed by atoms with van der Waals surface area (Å²) in [7, 11) is -9.92. The van der Waals surface area contributed by atoms with Crippen LogP contribution < -0.4 is 0 Å². The van der Waals surface area contributed by atoms with E-state index in [1.807, 2.05) is 0 Å². The maximum Gasteiger partial charge on any atom is 0.472 e. The normalized spacial score (nSPS) is 14.2. The van der Waals surface area contributed by atoms with Crippen molar-refractivity contribution in [3.63, 3.8) is 0 Å². The van der Waals surface area contributed by atoms with Gasteiger partial charge in [0.05, 0.1) is 26.4 Å². The highest BCUT2D eigenvalue weighted by molar-refractivity contribution is 7.47. The van der Waals surface area contributed by atoms with E-state index < -0.39 is 97.5 Å². The van der Waals surface area contributed by atoms with Crippen molar-refractivity contribution in [2.45, 2.75) is 387 Å². The number of rotatable bonds is 73. The van der Waals surface area contributed by atoms with Gasteiger partial charge in [-0.15, -0.1) is 0 Å². The molecule has 17 nitrogen and oxygen atoms in total. The average molecular weight is 1390 g/mol. The number of phosphoric ester groups is 2. The Morgan fingerprint density at radius 3 is 0.863 bits per heavy atom. The van der Waals surface area contributed by atoms with Gasteiger partial charge in [0.2, 0.25) is 0 Å². The van der Waals surface area contributed by atoms with Crippen molar-refractivity contribution < 1.29 is 80.2 Å². The molecule has 2 unspecified atom stereocenters. The summed E-state index contributed by atoms with van der Waals surface area (Å²) >= 11 is 0. The maximum absolute atomic E-state index is 13.1. The molecule has 0 aromatic rings. The molecule has 0 aromatic carbocycles. The summed E-state index contributed by atoms with van der Waals surface area (Å²) in [6.07, 6.45) is 57.6. The van der Waals surface area contributed by atoms with E-state index in [0.29, 0.717) is 25.7 Å². The molecule has 0 saturated heterocycles. The Morgan fingerprint density at radius 1 is 0.326 bits per heavy atom. The van der Waals surface area contributed by atoms with Crippen LogP contribution in [0.4, 0.5) is 0 Å². The largest absolute Gasteiger partial charge is 0.472 e. The first-order valence-electron chi connectivity index (χ1n) is 38.8. The standard InChI is InChI=1S/C76H144O17P2/c1-7-9-11-13-15-17-19-20-21-25-28-35-41-47-53-59-74(79)87-65-72(92-75(80)60-54-48-42-36-29-26-23-22-24-27-32-38-44-50-56-68(3)4)67-91-95(84,85)89-63-70(77)62-88-94(82,83)90-66-71(64-86-73(78)58-52-46-40-34-18-16-14-12-10-8-2)93-76(81)61-55-49-43-37-31-30-33-39-45-51-57-69(5)6/h17,19-21,68-72,77H,7-16,18,22-67H2,1-6H3,(H,82,83)(H,84,85)/b19-17-,21-20-/t70-,71+,72+/m0/s1. The summed E-state index contributed by atoms with van der Waals surface area (Å²) in [4.78, 5) is 72.8. The molecule has 0 aliphatic heterocycles. The fraction of sp³-hybridized carbons (Fsp3) is 0.895. The van der Waals surface area contributed by atoms with Gasteiger partial charge in [-0.25, -0.2) is 9.13 Å². The molecule has 560 valence electrons. The van der Waals surface area contributed by atoms with Crippen molar-refractivity contribution in [3.05, 3.63) is 24.3 Å². The molecule has 0 bridgehead atoms. The van der Waals surface area contributed by atoms with Crippen molar-refractivity contribution in [1.29, 1.82) is 0 Å². The third kappa shape index (κ3) is 69.8. The van der Waals surface area contributed by atoms with Crippen LogP contribution in [0.3, 0.4) is 0 Å². The van der Waals surface area contributed by atoms with Crippen LogP contribution in [-0.4, -0.2) is 96.7 Å². The molecular formula is C76H144O17P2. The summed E-state index contributed by atoms with van der Waals surface area (Å²) in [6, 6.07) is 0. The number of phosphoric acid groups is 2. The Hall–Kier alpha value is -2.46. The predicted octanol–water partition coefficient (Wildman–Crippen LogP) is 21.9. The molecule has 0 fully saturated rings. The van der Waals surface area contributed by atoms with Gasteiger partial charge in [0.1, 0.15) is 19.3 Å². The quantitative estimate of drug-likeness (QED) is 0.0169. The summed E-state index contributed by atoms with van der Waals surface area (Å²) in [5, 5.41) is 10.6. The second-order valence-electron chi connectivity index (χ2n) is 27.7. The first-order chi connectivity index (χ1) is 45.9.